The molecule has 1 atom stereocenters. The molecule has 0 saturated carbocycles. The molecule has 3 aliphatic rings. The van der Waals surface area contributed by atoms with Gasteiger partial charge in [0.2, 0.25) is 0 Å². The van der Waals surface area contributed by atoms with Gasteiger partial charge in [-0.05, 0) is 32.5 Å². The van der Waals surface area contributed by atoms with Crippen LogP contribution in [0.2, 0.25) is 0 Å². The SMILES string of the molecule is CN1CCCC1COc1nc(N2CCN(C(=O)O)CC2)c2c3c(c(Br)cc2n1)CCO3. The van der Waals surface area contributed by atoms with Crippen LogP contribution in [0.15, 0.2) is 10.5 Å². The minimum atomic E-state index is -0.884. The van der Waals surface area contributed by atoms with Crippen molar-refractivity contribution in [1.29, 1.82) is 0 Å². The molecule has 2 saturated heterocycles. The van der Waals surface area contributed by atoms with Crippen LogP contribution < -0.4 is 14.4 Å². The number of ether oxygens (including phenoxy) is 2. The smallest absolute Gasteiger partial charge is 0.407 e. The topological polar surface area (TPSA) is 91.3 Å². The van der Waals surface area contributed by atoms with E-state index in [9.17, 15) is 9.90 Å². The van der Waals surface area contributed by atoms with Gasteiger partial charge in [-0.25, -0.2) is 4.79 Å². The van der Waals surface area contributed by atoms with E-state index in [1.165, 1.54) is 11.3 Å². The molecule has 31 heavy (non-hydrogen) atoms. The van der Waals surface area contributed by atoms with Crippen LogP contribution >= 0.6 is 15.9 Å². The number of carboxylic acid groups (broad SMARTS) is 1. The maximum atomic E-state index is 11.3. The molecule has 9 nitrogen and oxygen atoms in total. The number of amides is 1. The fraction of sp³-hybridized carbons (Fsp3) is 0.571. The van der Waals surface area contributed by atoms with Gasteiger partial charge in [-0.2, -0.15) is 9.97 Å². The van der Waals surface area contributed by atoms with Crippen molar-refractivity contribution >= 4 is 38.7 Å². The Morgan fingerprint density at radius 1 is 1.29 bits per heavy atom. The minimum Gasteiger partial charge on any atom is -0.492 e. The molecular formula is C21H26BrN5O4. The van der Waals surface area contributed by atoms with Gasteiger partial charge in [0.05, 0.1) is 17.5 Å². The summed E-state index contributed by atoms with van der Waals surface area (Å²) in [5.41, 5.74) is 1.90. The van der Waals surface area contributed by atoms with Gasteiger partial charge in [-0.1, -0.05) is 15.9 Å². The lowest BCUT2D eigenvalue weighted by atomic mass is 10.1. The highest BCUT2D eigenvalue weighted by molar-refractivity contribution is 9.10. The third-order valence-electron chi connectivity index (χ3n) is 6.47. The monoisotopic (exact) mass is 491 g/mol. The van der Waals surface area contributed by atoms with Crippen LogP contribution in [0.1, 0.15) is 18.4 Å². The number of aromatic nitrogens is 2. The molecule has 4 heterocycles. The number of rotatable bonds is 4. The average Bonchev–Trinajstić information content (AvgIpc) is 3.41. The number of piperazine rings is 1. The Hall–Kier alpha value is -2.33. The summed E-state index contributed by atoms with van der Waals surface area (Å²) in [5, 5.41) is 10.2. The number of likely N-dealkylation sites (N-methyl/N-ethyl adjacent to an activating group) is 1. The zero-order chi connectivity index (χ0) is 21.5. The number of hydrogen-bond acceptors (Lipinski definition) is 7. The van der Waals surface area contributed by atoms with E-state index in [0.717, 1.165) is 51.9 Å². The van der Waals surface area contributed by atoms with Gasteiger partial charge in [0, 0.05) is 48.7 Å². The van der Waals surface area contributed by atoms with E-state index in [2.05, 4.69) is 32.8 Å². The van der Waals surface area contributed by atoms with Crippen LogP contribution in [0.4, 0.5) is 10.6 Å². The minimum absolute atomic E-state index is 0.355. The largest absolute Gasteiger partial charge is 0.492 e. The number of carbonyl (C=O) groups is 1. The maximum Gasteiger partial charge on any atom is 0.407 e. The van der Waals surface area contributed by atoms with E-state index >= 15 is 0 Å². The number of halogens is 1. The van der Waals surface area contributed by atoms with Crippen molar-refractivity contribution in [3.63, 3.8) is 0 Å². The van der Waals surface area contributed by atoms with Gasteiger partial charge in [-0.3, -0.25) is 0 Å². The van der Waals surface area contributed by atoms with Crippen LogP contribution in [0.5, 0.6) is 11.8 Å². The van der Waals surface area contributed by atoms with Crippen molar-refractivity contribution in [3.05, 3.63) is 16.1 Å². The highest BCUT2D eigenvalue weighted by Gasteiger charge is 2.29. The molecule has 2 aromatic rings. The van der Waals surface area contributed by atoms with Crippen molar-refractivity contribution in [2.75, 3.05) is 57.9 Å². The van der Waals surface area contributed by atoms with Gasteiger partial charge in [0.15, 0.2) is 0 Å². The second-order valence-corrected chi connectivity index (χ2v) is 9.19. The molecule has 1 amide bonds. The zero-order valence-electron chi connectivity index (χ0n) is 17.5. The van der Waals surface area contributed by atoms with E-state index in [1.807, 2.05) is 6.07 Å². The highest BCUT2D eigenvalue weighted by atomic mass is 79.9. The molecule has 5 rings (SSSR count). The molecule has 2 fully saturated rings. The lowest BCUT2D eigenvalue weighted by Crippen LogP contribution is -2.48. The van der Waals surface area contributed by atoms with E-state index in [-0.39, 0.29) is 0 Å². The Balaban J connectivity index is 1.51. The normalized spacial score (nSPS) is 21.4. The van der Waals surface area contributed by atoms with Crippen molar-refractivity contribution in [2.24, 2.45) is 0 Å². The summed E-state index contributed by atoms with van der Waals surface area (Å²) in [6, 6.07) is 2.74. The summed E-state index contributed by atoms with van der Waals surface area (Å²) < 4.78 is 13.0. The molecule has 0 aliphatic carbocycles. The van der Waals surface area contributed by atoms with Crippen molar-refractivity contribution < 1.29 is 19.4 Å². The third kappa shape index (κ3) is 3.87. The molecule has 1 aromatic carbocycles. The zero-order valence-corrected chi connectivity index (χ0v) is 19.1. The quantitative estimate of drug-likeness (QED) is 0.697. The number of likely N-dealkylation sites (tertiary alicyclic amines) is 1. The predicted molar refractivity (Wildman–Crippen MR) is 119 cm³/mol. The van der Waals surface area contributed by atoms with Crippen LogP contribution in [0, 0.1) is 0 Å². The second kappa shape index (κ2) is 8.31. The van der Waals surface area contributed by atoms with Crippen LogP contribution in [0.3, 0.4) is 0 Å². The molecule has 1 N–H and O–H groups in total. The molecule has 1 unspecified atom stereocenters. The molecular weight excluding hydrogens is 466 g/mol. The van der Waals surface area contributed by atoms with Crippen LogP contribution in [-0.4, -0.2) is 90.0 Å². The van der Waals surface area contributed by atoms with Gasteiger partial charge in [-0.15, -0.1) is 0 Å². The molecule has 1 aromatic heterocycles. The average molecular weight is 492 g/mol. The molecule has 166 valence electrons. The summed E-state index contributed by atoms with van der Waals surface area (Å²) >= 11 is 3.66. The number of benzene rings is 1. The summed E-state index contributed by atoms with van der Waals surface area (Å²) in [5.74, 6) is 1.58. The summed E-state index contributed by atoms with van der Waals surface area (Å²) in [4.78, 5) is 26.7. The van der Waals surface area contributed by atoms with Crippen molar-refractivity contribution in [2.45, 2.75) is 25.3 Å². The standard InChI is InChI=1S/C21H26BrN5O4/c1-25-5-2-3-13(25)12-31-20-23-16-11-15(22)14-4-10-30-18(14)17(16)19(24-20)26-6-8-27(9-7-26)21(28)29/h11,13H,2-10,12H2,1H3,(H,28,29). The molecule has 0 bridgehead atoms. The number of hydrogen-bond donors (Lipinski definition) is 1. The maximum absolute atomic E-state index is 11.3. The lowest BCUT2D eigenvalue weighted by molar-refractivity contribution is 0.142. The molecule has 0 radical (unpaired) electrons. The number of nitrogens with zero attached hydrogens (tertiary/aromatic N) is 5. The number of fused-ring (bicyclic) bond motifs is 3. The summed E-state index contributed by atoms with van der Waals surface area (Å²) in [6.45, 7) is 4.26. The van der Waals surface area contributed by atoms with E-state index < -0.39 is 6.09 Å². The highest BCUT2D eigenvalue weighted by Crippen LogP contribution is 2.43. The Morgan fingerprint density at radius 3 is 2.81 bits per heavy atom. The summed E-state index contributed by atoms with van der Waals surface area (Å²) in [7, 11) is 2.12. The first-order valence-electron chi connectivity index (χ1n) is 10.7. The lowest BCUT2D eigenvalue weighted by Gasteiger charge is -2.34. The van der Waals surface area contributed by atoms with Gasteiger partial charge in [0.25, 0.3) is 0 Å². The van der Waals surface area contributed by atoms with Crippen LogP contribution in [0.25, 0.3) is 10.9 Å². The fourth-order valence-electron chi connectivity index (χ4n) is 4.64. The Bertz CT molecular complexity index is 1010. The van der Waals surface area contributed by atoms with Crippen molar-refractivity contribution in [1.82, 2.24) is 19.8 Å². The number of anilines is 1. The first kappa shape index (κ1) is 20.6. The second-order valence-electron chi connectivity index (χ2n) is 8.33. The first-order chi connectivity index (χ1) is 15.0. The van der Waals surface area contributed by atoms with Crippen LogP contribution in [-0.2, 0) is 6.42 Å². The first-order valence-corrected chi connectivity index (χ1v) is 11.5. The van der Waals surface area contributed by atoms with E-state index in [1.54, 1.807) is 0 Å². The Morgan fingerprint density at radius 2 is 2.10 bits per heavy atom. The molecule has 3 aliphatic heterocycles. The molecule has 10 heteroatoms. The van der Waals surface area contributed by atoms with E-state index in [4.69, 9.17) is 19.4 Å². The van der Waals surface area contributed by atoms with Gasteiger partial charge in [0.1, 0.15) is 18.2 Å². The summed E-state index contributed by atoms with van der Waals surface area (Å²) in [6.07, 6.45) is 2.24. The fourth-order valence-corrected chi connectivity index (χ4v) is 5.24. The Kier molecular flexibility index (Phi) is 5.51. The van der Waals surface area contributed by atoms with Crippen molar-refractivity contribution in [3.8, 4) is 11.8 Å². The van der Waals surface area contributed by atoms with Gasteiger partial charge < -0.3 is 29.3 Å². The molecule has 0 spiro atoms. The van der Waals surface area contributed by atoms with E-state index in [0.29, 0.717) is 51.4 Å². The third-order valence-corrected chi connectivity index (χ3v) is 7.18. The van der Waals surface area contributed by atoms with Gasteiger partial charge >= 0.3 is 12.1 Å². The Labute approximate surface area is 189 Å². The predicted octanol–water partition coefficient (Wildman–Crippen LogP) is 2.60.